The highest BCUT2D eigenvalue weighted by molar-refractivity contribution is 8.55. The van der Waals surface area contributed by atoms with Crippen molar-refractivity contribution in [3.63, 3.8) is 0 Å². The molecule has 0 spiro atoms. The summed E-state index contributed by atoms with van der Waals surface area (Å²) < 4.78 is 41.8. The minimum absolute atomic E-state index is 0.0938. The number of benzene rings is 1. The van der Waals surface area contributed by atoms with Gasteiger partial charge in [0.2, 0.25) is 0 Å². The van der Waals surface area contributed by atoms with E-state index < -0.39 is 39.7 Å². The van der Waals surface area contributed by atoms with Gasteiger partial charge in [0, 0.05) is 4.90 Å². The summed E-state index contributed by atoms with van der Waals surface area (Å²) in [6.45, 7) is 7.45. The second kappa shape index (κ2) is 10.3. The lowest BCUT2D eigenvalue weighted by molar-refractivity contribution is -0.0551. The molecule has 2 fully saturated rings. The summed E-state index contributed by atoms with van der Waals surface area (Å²) in [4.78, 5) is 15.3. The third-order valence-corrected chi connectivity index (χ3v) is 16.5. The molecule has 0 radical (unpaired) electrons. The Morgan fingerprint density at radius 1 is 1.18 bits per heavy atom. The van der Waals surface area contributed by atoms with Crippen LogP contribution in [0.1, 0.15) is 27.0 Å². The van der Waals surface area contributed by atoms with Crippen molar-refractivity contribution in [3.05, 3.63) is 54.2 Å². The SMILES string of the molecule is CC(C)(C)[Si](C)(C)O[C@H]1C2OP(=O)(Sc3ccccc3)OCC2OC1n1c(-c2cccs2)nc2c(N)ncnc21. The molecule has 0 amide bonds. The van der Waals surface area contributed by atoms with Gasteiger partial charge in [0.05, 0.1) is 11.5 Å². The molecule has 2 aliphatic heterocycles. The van der Waals surface area contributed by atoms with Crippen LogP contribution in [-0.4, -0.2) is 52.8 Å². The first kappa shape index (κ1) is 28.0. The molecule has 4 unspecified atom stereocenters. The van der Waals surface area contributed by atoms with Crippen molar-refractivity contribution in [2.45, 2.75) is 68.3 Å². The Morgan fingerprint density at radius 2 is 1.95 bits per heavy atom. The average Bonchev–Trinajstić information content (AvgIpc) is 3.62. The third kappa shape index (κ3) is 5.07. The van der Waals surface area contributed by atoms with E-state index in [-0.39, 0.29) is 17.5 Å². The smallest absolute Gasteiger partial charge is 0.394 e. The van der Waals surface area contributed by atoms with Crippen LogP contribution in [0.25, 0.3) is 21.9 Å². The summed E-state index contributed by atoms with van der Waals surface area (Å²) in [5.74, 6) is 0.926. The van der Waals surface area contributed by atoms with Crippen molar-refractivity contribution in [1.29, 1.82) is 0 Å². The van der Waals surface area contributed by atoms with E-state index in [1.54, 1.807) is 11.3 Å². The Hall–Kier alpha value is -2.09. The minimum Gasteiger partial charge on any atom is -0.407 e. The Labute approximate surface area is 242 Å². The maximum Gasteiger partial charge on any atom is 0.394 e. The van der Waals surface area contributed by atoms with Gasteiger partial charge in [-0.05, 0) is 53.1 Å². The number of hydrogen-bond acceptors (Lipinski definition) is 11. The van der Waals surface area contributed by atoms with E-state index in [4.69, 9.17) is 28.9 Å². The van der Waals surface area contributed by atoms with Crippen molar-refractivity contribution in [3.8, 4) is 10.7 Å². The van der Waals surface area contributed by atoms with Crippen LogP contribution < -0.4 is 5.73 Å². The van der Waals surface area contributed by atoms with Crippen LogP contribution in [0, 0.1) is 0 Å². The van der Waals surface area contributed by atoms with Crippen LogP contribution in [0.5, 0.6) is 0 Å². The van der Waals surface area contributed by atoms with Crippen LogP contribution in [-0.2, 0) is 22.8 Å². The summed E-state index contributed by atoms with van der Waals surface area (Å²) in [7, 11) is -2.37. The number of ether oxygens (including phenoxy) is 1. The summed E-state index contributed by atoms with van der Waals surface area (Å²) >= 11 is 2.65. The molecule has 4 aromatic rings. The molecular formula is C26H32N5O5PS2Si. The lowest BCUT2D eigenvalue weighted by atomic mass is 10.1. The topological polar surface area (TPSA) is 124 Å². The first-order valence-electron chi connectivity index (χ1n) is 13.0. The van der Waals surface area contributed by atoms with Gasteiger partial charge in [0.25, 0.3) is 0 Å². The van der Waals surface area contributed by atoms with Crippen molar-refractivity contribution in [2.24, 2.45) is 0 Å². The summed E-state index contributed by atoms with van der Waals surface area (Å²) in [5.41, 5.74) is 7.25. The number of aromatic nitrogens is 4. The number of thiophene rings is 1. The van der Waals surface area contributed by atoms with Crippen molar-refractivity contribution in [1.82, 2.24) is 19.5 Å². The molecule has 212 valence electrons. The van der Waals surface area contributed by atoms with Gasteiger partial charge in [-0.2, -0.15) is 0 Å². The summed E-state index contributed by atoms with van der Waals surface area (Å²) in [6, 6.07) is 13.4. The lowest BCUT2D eigenvalue weighted by Gasteiger charge is -2.41. The molecular weight excluding hydrogens is 586 g/mol. The average molecular weight is 618 g/mol. The number of nitrogen functional groups attached to an aromatic ring is 1. The zero-order valence-electron chi connectivity index (χ0n) is 22.9. The monoisotopic (exact) mass is 617 g/mol. The van der Waals surface area contributed by atoms with E-state index in [9.17, 15) is 4.57 Å². The Bertz CT molecular complexity index is 1560. The zero-order valence-corrected chi connectivity index (χ0v) is 26.4. The Kier molecular flexibility index (Phi) is 7.24. The highest BCUT2D eigenvalue weighted by Crippen LogP contribution is 2.68. The second-order valence-electron chi connectivity index (χ2n) is 11.3. The lowest BCUT2D eigenvalue weighted by Crippen LogP contribution is -2.50. The summed E-state index contributed by atoms with van der Waals surface area (Å²) in [6.07, 6.45) is -1.01. The normalized spacial score (nSPS) is 27.2. The van der Waals surface area contributed by atoms with Crippen LogP contribution >= 0.6 is 29.5 Å². The maximum absolute atomic E-state index is 13.9. The largest absolute Gasteiger partial charge is 0.407 e. The number of nitrogens with zero attached hydrogens (tertiary/aromatic N) is 4. The van der Waals surface area contributed by atoms with E-state index >= 15 is 0 Å². The quantitative estimate of drug-likeness (QED) is 0.184. The molecule has 3 aromatic heterocycles. The molecule has 5 heterocycles. The van der Waals surface area contributed by atoms with Crippen LogP contribution in [0.2, 0.25) is 18.1 Å². The number of rotatable bonds is 6. The second-order valence-corrected chi connectivity index (χ2v) is 20.9. The number of anilines is 1. The van der Waals surface area contributed by atoms with E-state index in [2.05, 4.69) is 43.8 Å². The van der Waals surface area contributed by atoms with Gasteiger partial charge in [-0.15, -0.1) is 11.3 Å². The molecule has 2 N–H and O–H groups in total. The number of nitrogens with two attached hydrogens (primary N) is 1. The molecule has 0 saturated carbocycles. The van der Waals surface area contributed by atoms with Crippen LogP contribution in [0.15, 0.2) is 59.1 Å². The van der Waals surface area contributed by atoms with E-state index in [0.717, 1.165) is 21.2 Å². The number of fused-ring (bicyclic) bond motifs is 2. The van der Waals surface area contributed by atoms with Crippen LogP contribution in [0.3, 0.4) is 0 Å². The molecule has 0 bridgehead atoms. The van der Waals surface area contributed by atoms with Gasteiger partial charge in [-0.3, -0.25) is 13.6 Å². The zero-order chi connectivity index (χ0) is 28.3. The molecule has 6 rings (SSSR count). The predicted molar refractivity (Wildman–Crippen MR) is 160 cm³/mol. The van der Waals surface area contributed by atoms with E-state index in [0.29, 0.717) is 17.0 Å². The first-order valence-corrected chi connectivity index (χ1v) is 19.7. The fourth-order valence-electron chi connectivity index (χ4n) is 4.57. The van der Waals surface area contributed by atoms with Crippen molar-refractivity contribution < 1.29 is 22.8 Å². The van der Waals surface area contributed by atoms with Gasteiger partial charge in [0.1, 0.15) is 24.6 Å². The number of hydrogen-bond donors (Lipinski definition) is 1. The molecule has 0 aliphatic carbocycles. The maximum atomic E-state index is 13.9. The van der Waals surface area contributed by atoms with Gasteiger partial charge in [0.15, 0.2) is 37.4 Å². The van der Waals surface area contributed by atoms with Crippen LogP contribution in [0.4, 0.5) is 5.82 Å². The number of imidazole rings is 1. The highest BCUT2D eigenvalue weighted by atomic mass is 32.7. The molecule has 5 atom stereocenters. The Morgan fingerprint density at radius 3 is 2.65 bits per heavy atom. The van der Waals surface area contributed by atoms with E-state index in [1.165, 1.54) is 6.33 Å². The molecule has 40 heavy (non-hydrogen) atoms. The molecule has 14 heteroatoms. The fraction of sp³-hybridized carbons (Fsp3) is 0.423. The van der Waals surface area contributed by atoms with Crippen molar-refractivity contribution >= 4 is 54.8 Å². The highest BCUT2D eigenvalue weighted by Gasteiger charge is 2.57. The minimum atomic E-state index is -3.56. The molecule has 2 saturated heterocycles. The molecule has 1 aromatic carbocycles. The molecule has 2 aliphatic rings. The first-order chi connectivity index (χ1) is 19.0. The standard InChI is InChI=1S/C26H32N5O5PS2Si/c1-26(2,3)40(4,5)36-21-20-17(14-33-37(32,35-20)39-16-10-7-6-8-11-16)34-25(21)31-23(18-12-9-13-38-18)30-19-22(27)28-15-29-24(19)31/h6-13,15,17,20-21,25H,14H2,1-5H3,(H2,27,28,29)/t17?,20?,21-,25?,37?/m0/s1. The predicted octanol–water partition coefficient (Wildman–Crippen LogP) is 6.74. The van der Waals surface area contributed by atoms with Gasteiger partial charge in [-0.25, -0.2) is 19.5 Å². The molecule has 10 nitrogen and oxygen atoms in total. The van der Waals surface area contributed by atoms with Gasteiger partial charge >= 0.3 is 6.80 Å². The fourth-order valence-corrected chi connectivity index (χ4v) is 10.0. The third-order valence-electron chi connectivity index (χ3n) is 7.63. The van der Waals surface area contributed by atoms with E-state index in [1.807, 2.05) is 52.4 Å². The van der Waals surface area contributed by atoms with Crippen molar-refractivity contribution in [2.75, 3.05) is 12.3 Å². The van der Waals surface area contributed by atoms with Gasteiger partial charge < -0.3 is 14.9 Å². The Balaban J connectivity index is 1.45. The van der Waals surface area contributed by atoms with Gasteiger partial charge in [-0.1, -0.05) is 45.0 Å². The summed E-state index contributed by atoms with van der Waals surface area (Å²) in [5, 5.41) is 1.89.